The lowest BCUT2D eigenvalue weighted by Gasteiger charge is -2.27. The molecule has 0 aliphatic rings. The molecule has 0 saturated carbocycles. The van der Waals surface area contributed by atoms with Gasteiger partial charge in [0.25, 0.3) is 17.7 Å². The van der Waals surface area contributed by atoms with E-state index in [9.17, 15) is 0 Å². The topological polar surface area (TPSA) is 75.7 Å². The van der Waals surface area contributed by atoms with Crippen LogP contribution in [-0.4, -0.2) is 65.8 Å². The highest BCUT2D eigenvalue weighted by Gasteiger charge is 2.27. The number of hydrogen-bond acceptors (Lipinski definition) is 3. The fraction of sp³-hybridized carbons (Fsp3) is 0.318. The van der Waals surface area contributed by atoms with Gasteiger partial charge in [0.15, 0.2) is 0 Å². The number of carbonyl (C=O) groups is 3. The Balaban J connectivity index is 1.04. The first-order valence-corrected chi connectivity index (χ1v) is 27.7. The molecule has 0 bridgehead atoms. The molecule has 0 radical (unpaired) electrons. The molecule has 0 atom stereocenters. The highest BCUT2D eigenvalue weighted by Crippen LogP contribution is 2.34. The smallest absolute Gasteiger partial charge is 0.254 e. The number of para-hydroxylation sites is 3. The Kier molecular flexibility index (Phi) is 15.2. The Hall–Kier alpha value is -7.65. The maximum atomic E-state index is 15.4. The molecule has 0 saturated heterocycles. The Labute approximate surface area is 441 Å². The monoisotopic (exact) mass is 997 g/mol. The highest BCUT2D eigenvalue weighted by molar-refractivity contribution is 6.11. The van der Waals surface area contributed by atoms with E-state index in [2.05, 4.69) is 183 Å². The number of benzene rings is 7. The molecular formula is C66H72N6O3. The fourth-order valence-electron chi connectivity index (χ4n) is 11.6. The van der Waals surface area contributed by atoms with Gasteiger partial charge in [-0.1, -0.05) is 113 Å². The second-order valence-corrected chi connectivity index (χ2v) is 20.4. The van der Waals surface area contributed by atoms with Crippen LogP contribution >= 0.6 is 0 Å². The Morgan fingerprint density at radius 3 is 0.867 bits per heavy atom. The van der Waals surface area contributed by atoms with Gasteiger partial charge in [-0.15, -0.1) is 0 Å². The van der Waals surface area contributed by atoms with Crippen molar-refractivity contribution in [1.29, 1.82) is 0 Å². The molecule has 3 aromatic heterocycles. The molecule has 0 aliphatic carbocycles. The zero-order chi connectivity index (χ0) is 52.2. The minimum Gasteiger partial charge on any atom is -0.341 e. The van der Waals surface area contributed by atoms with Crippen LogP contribution in [0.2, 0.25) is 0 Å². The van der Waals surface area contributed by atoms with Crippen molar-refractivity contribution in [2.45, 2.75) is 119 Å². The van der Waals surface area contributed by atoms with Gasteiger partial charge in [0.05, 0.1) is 0 Å². The van der Waals surface area contributed by atoms with Gasteiger partial charge in [0.2, 0.25) is 0 Å². The van der Waals surface area contributed by atoms with E-state index in [1.807, 2.05) is 14.7 Å². The molecule has 10 rings (SSSR count). The Morgan fingerprint density at radius 1 is 0.333 bits per heavy atom. The second-order valence-electron chi connectivity index (χ2n) is 20.4. The van der Waals surface area contributed by atoms with Gasteiger partial charge in [-0.25, -0.2) is 0 Å². The van der Waals surface area contributed by atoms with Crippen LogP contribution in [0.3, 0.4) is 0 Å². The molecule has 0 spiro atoms. The van der Waals surface area contributed by atoms with Crippen LogP contribution in [-0.2, 0) is 39.3 Å². The van der Waals surface area contributed by atoms with Crippen molar-refractivity contribution in [3.63, 3.8) is 0 Å². The van der Waals surface area contributed by atoms with E-state index >= 15 is 14.4 Å². The molecule has 9 heteroatoms. The molecule has 7 aromatic carbocycles. The minimum atomic E-state index is -0.195. The summed E-state index contributed by atoms with van der Waals surface area (Å²) in [6.45, 7) is 18.3. The van der Waals surface area contributed by atoms with Gasteiger partial charge in [-0.05, 0) is 130 Å². The number of unbranched alkanes of at least 4 members (excludes halogenated alkanes) is 3. The molecule has 0 aliphatic heterocycles. The van der Waals surface area contributed by atoms with Crippen molar-refractivity contribution in [1.82, 2.24) is 28.4 Å². The molecule has 3 heterocycles. The third kappa shape index (κ3) is 9.93. The van der Waals surface area contributed by atoms with Crippen molar-refractivity contribution >= 4 is 83.1 Å². The van der Waals surface area contributed by atoms with Gasteiger partial charge >= 0.3 is 0 Å². The summed E-state index contributed by atoms with van der Waals surface area (Å²) in [5.41, 5.74) is 11.2. The highest BCUT2D eigenvalue weighted by atomic mass is 16.2. The summed E-state index contributed by atoms with van der Waals surface area (Å²) in [7, 11) is 0. The molecule has 9 nitrogen and oxygen atoms in total. The van der Waals surface area contributed by atoms with E-state index in [-0.39, 0.29) is 17.7 Å². The molecule has 3 amide bonds. The number of aromatic nitrogens is 3. The summed E-state index contributed by atoms with van der Waals surface area (Å²) in [4.78, 5) is 51.9. The SMILES string of the molecule is CCCCN(Cc1ccc2c(c1)c1ccccc1n2CC)C(=O)c1cc(C(=O)N(CCCC)Cc2ccc3c(c2)c2ccccc2n3CC)cc(C(=O)N(CCCC)Cc2ccc3c(c2)c2ccccc2n3CC)c1. The summed E-state index contributed by atoms with van der Waals surface area (Å²) in [6.07, 6.45) is 5.15. The first kappa shape index (κ1) is 50.9. The standard InChI is InChI=1S/C66H72N6O3/c1-7-13-34-67(43-46-28-31-61-55(37-46)52-22-16-19-25-58(52)70(61)10-4)64(73)49-40-50(65(74)68(35-14-8-2)44-47-29-32-62-56(38-47)53-23-17-20-26-59(53)71(62)11-5)42-51(41-49)66(75)69(36-15-9-3)45-48-30-33-63-57(39-48)54-24-18-21-27-60(54)72(63)12-6/h16-33,37-42H,7-15,34-36,43-45H2,1-6H3. The van der Waals surface area contributed by atoms with Crippen molar-refractivity contribution in [2.24, 2.45) is 0 Å². The lowest BCUT2D eigenvalue weighted by Crippen LogP contribution is -2.35. The Bertz CT molecular complexity index is 3330. The average Bonchev–Trinajstić information content (AvgIpc) is 4.09. The molecule has 384 valence electrons. The van der Waals surface area contributed by atoms with Gasteiger partial charge in [0, 0.05) is 141 Å². The van der Waals surface area contributed by atoms with Gasteiger partial charge < -0.3 is 28.4 Å². The van der Waals surface area contributed by atoms with Crippen molar-refractivity contribution in [3.8, 4) is 0 Å². The van der Waals surface area contributed by atoms with Crippen LogP contribution in [0.15, 0.2) is 146 Å². The number of amides is 3. The summed E-state index contributed by atoms with van der Waals surface area (Å²) < 4.78 is 7.03. The lowest BCUT2D eigenvalue weighted by atomic mass is 10.0. The van der Waals surface area contributed by atoms with Crippen molar-refractivity contribution < 1.29 is 14.4 Å². The minimum absolute atomic E-state index is 0.195. The fourth-order valence-corrected chi connectivity index (χ4v) is 11.6. The average molecular weight is 997 g/mol. The number of carbonyl (C=O) groups excluding carboxylic acids is 3. The zero-order valence-corrected chi connectivity index (χ0v) is 44.9. The Morgan fingerprint density at radius 2 is 0.600 bits per heavy atom. The molecular weight excluding hydrogens is 925 g/mol. The van der Waals surface area contributed by atoms with E-state index in [1.165, 1.54) is 49.3 Å². The largest absolute Gasteiger partial charge is 0.341 e. The van der Waals surface area contributed by atoms with E-state index in [1.54, 1.807) is 18.2 Å². The summed E-state index contributed by atoms with van der Waals surface area (Å²) in [5.74, 6) is -0.586. The van der Waals surface area contributed by atoms with Gasteiger partial charge in [-0.3, -0.25) is 14.4 Å². The predicted molar refractivity (Wildman–Crippen MR) is 311 cm³/mol. The quantitative estimate of drug-likeness (QED) is 0.0720. The first-order valence-electron chi connectivity index (χ1n) is 27.7. The molecule has 75 heavy (non-hydrogen) atoms. The molecule has 0 fully saturated rings. The summed E-state index contributed by atoms with van der Waals surface area (Å²) in [5, 5.41) is 7.07. The van der Waals surface area contributed by atoms with Crippen molar-refractivity contribution in [3.05, 3.63) is 179 Å². The number of aryl methyl sites for hydroxylation is 3. The van der Waals surface area contributed by atoms with Gasteiger partial charge in [0.1, 0.15) is 0 Å². The van der Waals surface area contributed by atoms with Crippen LogP contribution in [0, 0.1) is 0 Å². The van der Waals surface area contributed by atoms with Gasteiger partial charge in [-0.2, -0.15) is 0 Å². The zero-order valence-electron chi connectivity index (χ0n) is 44.9. The third-order valence-corrected chi connectivity index (χ3v) is 15.5. The number of hydrogen-bond donors (Lipinski definition) is 0. The second kappa shape index (κ2) is 22.4. The maximum Gasteiger partial charge on any atom is 0.254 e. The summed E-state index contributed by atoms with van der Waals surface area (Å²) in [6, 6.07) is 50.5. The molecule has 0 N–H and O–H groups in total. The van der Waals surface area contributed by atoms with Crippen molar-refractivity contribution in [2.75, 3.05) is 19.6 Å². The summed E-state index contributed by atoms with van der Waals surface area (Å²) >= 11 is 0. The lowest BCUT2D eigenvalue weighted by molar-refractivity contribution is 0.0736. The van der Waals surface area contributed by atoms with Crippen LogP contribution in [0.25, 0.3) is 65.4 Å². The predicted octanol–water partition coefficient (Wildman–Crippen LogP) is 15.4. The number of fused-ring (bicyclic) bond motifs is 9. The number of rotatable bonds is 21. The van der Waals surface area contributed by atoms with Crippen LogP contribution in [0.4, 0.5) is 0 Å². The maximum absolute atomic E-state index is 15.4. The van der Waals surface area contributed by atoms with E-state index in [0.717, 1.165) is 91.0 Å². The van der Waals surface area contributed by atoms with E-state index in [4.69, 9.17) is 0 Å². The molecule has 0 unspecified atom stereocenters. The molecule has 10 aromatic rings. The van der Waals surface area contributed by atoms with E-state index in [0.29, 0.717) is 56.0 Å². The van der Waals surface area contributed by atoms with Crippen LogP contribution < -0.4 is 0 Å². The first-order chi connectivity index (χ1) is 36.7. The van der Waals surface area contributed by atoms with Crippen LogP contribution in [0.5, 0.6) is 0 Å². The normalized spacial score (nSPS) is 11.8. The van der Waals surface area contributed by atoms with Crippen LogP contribution in [0.1, 0.15) is 128 Å². The number of nitrogens with zero attached hydrogens (tertiary/aromatic N) is 6. The van der Waals surface area contributed by atoms with E-state index < -0.39 is 0 Å². The third-order valence-electron chi connectivity index (χ3n) is 15.5.